The van der Waals surface area contributed by atoms with Crippen molar-refractivity contribution in [2.24, 2.45) is 5.92 Å². The van der Waals surface area contributed by atoms with Crippen molar-refractivity contribution in [1.82, 2.24) is 19.2 Å². The number of aryl methyl sites for hydroxylation is 1. The van der Waals surface area contributed by atoms with E-state index in [9.17, 15) is 0 Å². The second-order valence-corrected chi connectivity index (χ2v) is 8.81. The second kappa shape index (κ2) is 6.07. The first kappa shape index (κ1) is 15.3. The van der Waals surface area contributed by atoms with Gasteiger partial charge in [0.25, 0.3) is 0 Å². The maximum absolute atomic E-state index is 5.76. The number of thiophene rings is 1. The average Bonchev–Trinajstić information content (AvgIpc) is 3.30. The summed E-state index contributed by atoms with van der Waals surface area (Å²) in [6.45, 7) is 3.04. The fourth-order valence-electron chi connectivity index (χ4n) is 4.41. The Hall–Kier alpha value is -0.980. The number of aromatic nitrogens is 3. The first-order chi connectivity index (χ1) is 11.8. The molecule has 0 aromatic carbocycles. The normalized spacial score (nSPS) is 24.4. The third-order valence-corrected chi connectivity index (χ3v) is 7.21. The number of nitrogens with zero attached hydrogens (tertiary/aromatic N) is 4. The van der Waals surface area contributed by atoms with E-state index in [-0.39, 0.29) is 0 Å². The monoisotopic (exact) mass is 360 g/mol. The fraction of sp³-hybridized carbons (Fsp3) is 0.667. The van der Waals surface area contributed by atoms with Crippen molar-refractivity contribution in [2.45, 2.75) is 64.2 Å². The third kappa shape index (κ3) is 2.59. The molecule has 0 radical (unpaired) electrons. The van der Waals surface area contributed by atoms with Gasteiger partial charge in [-0.3, -0.25) is 4.90 Å². The minimum absolute atomic E-state index is 0.586. The number of fused-ring (bicyclic) bond motifs is 2. The van der Waals surface area contributed by atoms with Crippen LogP contribution in [0.5, 0.6) is 0 Å². The lowest BCUT2D eigenvalue weighted by molar-refractivity contribution is 0.117. The molecule has 0 spiro atoms. The van der Waals surface area contributed by atoms with Crippen LogP contribution in [0, 0.1) is 10.7 Å². The quantitative estimate of drug-likeness (QED) is 0.769. The molecule has 2 aromatic heterocycles. The highest BCUT2D eigenvalue weighted by atomic mass is 32.1. The van der Waals surface area contributed by atoms with Gasteiger partial charge in [0, 0.05) is 30.4 Å². The summed E-state index contributed by atoms with van der Waals surface area (Å²) >= 11 is 7.70. The maximum atomic E-state index is 5.76. The lowest BCUT2D eigenvalue weighted by Crippen LogP contribution is -2.37. The van der Waals surface area contributed by atoms with E-state index in [1.54, 1.807) is 10.4 Å². The molecule has 2 aliphatic heterocycles. The Labute approximate surface area is 152 Å². The van der Waals surface area contributed by atoms with E-state index >= 15 is 0 Å². The van der Waals surface area contributed by atoms with Gasteiger partial charge in [0.05, 0.1) is 6.67 Å². The summed E-state index contributed by atoms with van der Waals surface area (Å²) < 4.78 is 5.31. The number of hydrogen-bond acceptors (Lipinski definition) is 4. The van der Waals surface area contributed by atoms with Gasteiger partial charge >= 0.3 is 0 Å². The summed E-state index contributed by atoms with van der Waals surface area (Å²) in [5.41, 5.74) is 1.58. The predicted octanol–water partition coefficient (Wildman–Crippen LogP) is 4.17. The van der Waals surface area contributed by atoms with Gasteiger partial charge in [0.15, 0.2) is 4.77 Å². The van der Waals surface area contributed by atoms with Crippen molar-refractivity contribution in [3.63, 3.8) is 0 Å². The molecule has 0 unspecified atom stereocenters. The van der Waals surface area contributed by atoms with Gasteiger partial charge in [0.2, 0.25) is 0 Å². The summed E-state index contributed by atoms with van der Waals surface area (Å²) in [5, 5.41) is 7.17. The number of hydrogen-bond donors (Lipinski definition) is 0. The summed E-state index contributed by atoms with van der Waals surface area (Å²) in [7, 11) is 0. The molecule has 4 nitrogen and oxygen atoms in total. The van der Waals surface area contributed by atoms with E-state index < -0.39 is 0 Å². The molecule has 24 heavy (non-hydrogen) atoms. The van der Waals surface area contributed by atoms with Crippen molar-refractivity contribution >= 4 is 23.6 Å². The van der Waals surface area contributed by atoms with Crippen LogP contribution >= 0.6 is 23.6 Å². The molecule has 0 saturated heterocycles. The van der Waals surface area contributed by atoms with Crippen molar-refractivity contribution in [1.29, 1.82) is 0 Å². The van der Waals surface area contributed by atoms with Crippen LogP contribution in [0.25, 0.3) is 0 Å². The van der Waals surface area contributed by atoms with E-state index in [1.807, 2.05) is 11.3 Å². The average molecular weight is 361 g/mol. The van der Waals surface area contributed by atoms with Crippen LogP contribution in [0.2, 0.25) is 0 Å². The van der Waals surface area contributed by atoms with Crippen LogP contribution in [0.3, 0.4) is 0 Å². The van der Waals surface area contributed by atoms with Crippen LogP contribution in [0.15, 0.2) is 11.4 Å². The topological polar surface area (TPSA) is 26.0 Å². The summed E-state index contributed by atoms with van der Waals surface area (Å²) in [6, 6.07) is 2.94. The smallest absolute Gasteiger partial charge is 0.199 e. The van der Waals surface area contributed by atoms with Gasteiger partial charge in [0.1, 0.15) is 5.82 Å². The minimum atomic E-state index is 0.586. The number of rotatable bonds is 3. The van der Waals surface area contributed by atoms with E-state index in [0.29, 0.717) is 6.04 Å². The van der Waals surface area contributed by atoms with Gasteiger partial charge in [-0.1, -0.05) is 6.42 Å². The van der Waals surface area contributed by atoms with Gasteiger partial charge < -0.3 is 4.57 Å². The molecular weight excluding hydrogens is 336 g/mol. The van der Waals surface area contributed by atoms with E-state index in [0.717, 1.165) is 36.9 Å². The Morgan fingerprint density at radius 1 is 1.17 bits per heavy atom. The Bertz CT molecular complexity index is 798. The van der Waals surface area contributed by atoms with Crippen LogP contribution in [-0.2, 0) is 26.1 Å². The molecule has 3 aliphatic rings. The van der Waals surface area contributed by atoms with Crippen LogP contribution < -0.4 is 0 Å². The highest BCUT2D eigenvalue weighted by Gasteiger charge is 2.40. The van der Waals surface area contributed by atoms with E-state index in [2.05, 4.69) is 25.6 Å². The SMILES string of the molecule is S=c1n(CN2CCc3sccc3[C@@H]2C2CC2)nc2n1CCCCC2. The molecule has 0 N–H and O–H groups in total. The fourth-order valence-corrected chi connectivity index (χ4v) is 5.62. The molecule has 2 aromatic rings. The minimum Gasteiger partial charge on any atom is -0.304 e. The maximum Gasteiger partial charge on any atom is 0.199 e. The standard InChI is InChI=1S/C18H24N4S2/c23-18-21-9-3-1-2-4-16(21)19-22(18)12-20-10-7-15-14(8-11-24-15)17(20)13-5-6-13/h8,11,13,17H,1-7,9-10,12H2/t17-/m0/s1. The molecule has 1 aliphatic carbocycles. The molecule has 6 heteroatoms. The Balaban J connectivity index is 1.44. The molecule has 128 valence electrons. The van der Waals surface area contributed by atoms with Crippen molar-refractivity contribution in [3.8, 4) is 0 Å². The van der Waals surface area contributed by atoms with Gasteiger partial charge in [-0.15, -0.1) is 11.3 Å². The van der Waals surface area contributed by atoms with E-state index in [1.165, 1.54) is 44.3 Å². The first-order valence-corrected chi connectivity index (χ1v) is 10.6. The Morgan fingerprint density at radius 3 is 2.96 bits per heavy atom. The molecule has 4 heterocycles. The van der Waals surface area contributed by atoms with Crippen molar-refractivity contribution in [3.05, 3.63) is 32.5 Å². The Kier molecular flexibility index (Phi) is 3.87. The van der Waals surface area contributed by atoms with Crippen LogP contribution in [0.1, 0.15) is 54.4 Å². The highest BCUT2D eigenvalue weighted by Crippen LogP contribution is 2.48. The largest absolute Gasteiger partial charge is 0.304 e. The van der Waals surface area contributed by atoms with Gasteiger partial charge in [-0.2, -0.15) is 5.10 Å². The molecule has 0 bridgehead atoms. The lowest BCUT2D eigenvalue weighted by atomic mass is 9.96. The zero-order valence-electron chi connectivity index (χ0n) is 14.0. The summed E-state index contributed by atoms with van der Waals surface area (Å²) in [4.78, 5) is 4.24. The summed E-state index contributed by atoms with van der Waals surface area (Å²) in [6.07, 6.45) is 8.80. The zero-order chi connectivity index (χ0) is 16.1. The van der Waals surface area contributed by atoms with Crippen molar-refractivity contribution in [2.75, 3.05) is 6.54 Å². The highest BCUT2D eigenvalue weighted by molar-refractivity contribution is 7.71. The molecule has 0 amide bonds. The molecule has 1 fully saturated rings. The first-order valence-electron chi connectivity index (χ1n) is 9.28. The second-order valence-electron chi connectivity index (χ2n) is 7.45. The zero-order valence-corrected chi connectivity index (χ0v) is 15.6. The van der Waals surface area contributed by atoms with Gasteiger partial charge in [-0.05, 0) is 67.2 Å². The Morgan fingerprint density at radius 2 is 2.08 bits per heavy atom. The van der Waals surface area contributed by atoms with Crippen molar-refractivity contribution < 1.29 is 0 Å². The van der Waals surface area contributed by atoms with Crippen LogP contribution in [-0.4, -0.2) is 25.8 Å². The molecule has 1 atom stereocenters. The molecule has 5 rings (SSSR count). The van der Waals surface area contributed by atoms with Crippen LogP contribution in [0.4, 0.5) is 0 Å². The lowest BCUT2D eigenvalue weighted by Gasteiger charge is -2.35. The third-order valence-electron chi connectivity index (χ3n) is 5.78. The summed E-state index contributed by atoms with van der Waals surface area (Å²) in [5.74, 6) is 2.04. The predicted molar refractivity (Wildman–Crippen MR) is 98.8 cm³/mol. The molecular formula is C18H24N4S2. The van der Waals surface area contributed by atoms with Gasteiger partial charge in [-0.25, -0.2) is 4.68 Å². The molecule has 1 saturated carbocycles. The van der Waals surface area contributed by atoms with E-state index in [4.69, 9.17) is 17.3 Å².